The number of amides is 3. The van der Waals surface area contributed by atoms with Gasteiger partial charge in [-0.25, -0.2) is 9.59 Å². The summed E-state index contributed by atoms with van der Waals surface area (Å²) in [7, 11) is 0. The van der Waals surface area contributed by atoms with Crippen molar-refractivity contribution in [2.75, 3.05) is 13.1 Å². The van der Waals surface area contributed by atoms with E-state index in [-0.39, 0.29) is 18.6 Å². The third-order valence-corrected chi connectivity index (χ3v) is 3.16. The molecular weight excluding hydrogens is 278 g/mol. The lowest BCUT2D eigenvalue weighted by atomic mass is 10.2. The molecule has 21 heavy (non-hydrogen) atoms. The number of nitrogens with one attached hydrogen (secondary N) is 3. The zero-order valence-electron chi connectivity index (χ0n) is 12.3. The summed E-state index contributed by atoms with van der Waals surface area (Å²) in [5.41, 5.74) is 0. The van der Waals surface area contributed by atoms with Crippen molar-refractivity contribution in [2.24, 2.45) is 0 Å². The zero-order chi connectivity index (χ0) is 15.8. The lowest BCUT2D eigenvalue weighted by Crippen LogP contribution is -2.49. The highest BCUT2D eigenvalue weighted by atomic mass is 16.5. The van der Waals surface area contributed by atoms with Gasteiger partial charge in [0.2, 0.25) is 5.91 Å². The minimum atomic E-state index is -0.983. The molecule has 3 amide bonds. The molecule has 1 saturated heterocycles. The standard InChI is InChI=1S/C13H23N3O5/c1-3-6-14-11(17)8(2)16-13(20)15-7-9-4-5-10(21-9)12(18)19/h8-10H,3-7H2,1-2H3,(H,14,17)(H,18,19)(H2,15,16,20). The average molecular weight is 301 g/mol. The summed E-state index contributed by atoms with van der Waals surface area (Å²) in [5.74, 6) is -1.22. The first-order valence-electron chi connectivity index (χ1n) is 7.14. The van der Waals surface area contributed by atoms with E-state index in [0.717, 1.165) is 6.42 Å². The molecular formula is C13H23N3O5. The van der Waals surface area contributed by atoms with Crippen LogP contribution in [0.15, 0.2) is 0 Å². The van der Waals surface area contributed by atoms with Gasteiger partial charge in [-0.3, -0.25) is 4.79 Å². The molecule has 0 spiro atoms. The molecule has 8 nitrogen and oxygen atoms in total. The van der Waals surface area contributed by atoms with Gasteiger partial charge in [0.1, 0.15) is 6.04 Å². The number of carbonyl (C=O) groups is 3. The van der Waals surface area contributed by atoms with E-state index in [2.05, 4.69) is 16.0 Å². The van der Waals surface area contributed by atoms with Gasteiger partial charge in [0.05, 0.1) is 6.10 Å². The zero-order valence-corrected chi connectivity index (χ0v) is 12.3. The number of carboxylic acid groups (broad SMARTS) is 1. The minimum Gasteiger partial charge on any atom is -0.479 e. The van der Waals surface area contributed by atoms with Gasteiger partial charge in [-0.1, -0.05) is 6.92 Å². The molecule has 0 bridgehead atoms. The number of urea groups is 1. The van der Waals surface area contributed by atoms with E-state index in [1.807, 2.05) is 6.92 Å². The summed E-state index contributed by atoms with van der Waals surface area (Å²) >= 11 is 0. The Bertz CT molecular complexity index is 388. The van der Waals surface area contributed by atoms with Crippen molar-refractivity contribution in [3.8, 4) is 0 Å². The van der Waals surface area contributed by atoms with Crippen LogP contribution in [0.2, 0.25) is 0 Å². The van der Waals surface area contributed by atoms with Gasteiger partial charge >= 0.3 is 12.0 Å². The summed E-state index contributed by atoms with van der Waals surface area (Å²) in [6, 6.07) is -1.11. The maximum atomic E-state index is 11.6. The second-order valence-electron chi connectivity index (χ2n) is 5.03. The van der Waals surface area contributed by atoms with Crippen LogP contribution in [0.1, 0.15) is 33.1 Å². The normalized spacial score (nSPS) is 22.4. The van der Waals surface area contributed by atoms with Gasteiger partial charge in [-0.05, 0) is 26.2 Å². The van der Waals surface area contributed by atoms with Crippen LogP contribution in [0.3, 0.4) is 0 Å². The van der Waals surface area contributed by atoms with Crippen molar-refractivity contribution >= 4 is 17.9 Å². The molecule has 0 radical (unpaired) electrons. The van der Waals surface area contributed by atoms with Crippen LogP contribution in [0, 0.1) is 0 Å². The van der Waals surface area contributed by atoms with Gasteiger partial charge in [0.15, 0.2) is 6.10 Å². The molecule has 0 saturated carbocycles. The third kappa shape index (κ3) is 5.99. The lowest BCUT2D eigenvalue weighted by molar-refractivity contribution is -0.149. The molecule has 8 heteroatoms. The van der Waals surface area contributed by atoms with Gasteiger partial charge in [0.25, 0.3) is 0 Å². The smallest absolute Gasteiger partial charge is 0.332 e. The van der Waals surface area contributed by atoms with E-state index in [1.54, 1.807) is 6.92 Å². The Balaban J connectivity index is 2.22. The molecule has 3 atom stereocenters. The molecule has 1 aliphatic rings. The van der Waals surface area contributed by atoms with Crippen LogP contribution < -0.4 is 16.0 Å². The number of aliphatic carboxylic acids is 1. The summed E-state index contributed by atoms with van der Waals surface area (Å²) < 4.78 is 5.26. The van der Waals surface area contributed by atoms with Crippen molar-refractivity contribution in [1.82, 2.24) is 16.0 Å². The molecule has 4 N–H and O–H groups in total. The number of carboxylic acids is 1. The Hall–Kier alpha value is -1.83. The minimum absolute atomic E-state index is 0.221. The first-order chi connectivity index (χ1) is 9.93. The number of ether oxygens (including phenoxy) is 1. The molecule has 1 aliphatic heterocycles. The highest BCUT2D eigenvalue weighted by Gasteiger charge is 2.30. The topological polar surface area (TPSA) is 117 Å². The first-order valence-corrected chi connectivity index (χ1v) is 7.14. The van der Waals surface area contributed by atoms with Crippen molar-refractivity contribution in [3.63, 3.8) is 0 Å². The summed E-state index contributed by atoms with van der Waals surface area (Å²) in [5, 5.41) is 16.6. The fourth-order valence-corrected chi connectivity index (χ4v) is 1.96. The maximum Gasteiger partial charge on any atom is 0.332 e. The van der Waals surface area contributed by atoms with E-state index in [4.69, 9.17) is 9.84 Å². The third-order valence-electron chi connectivity index (χ3n) is 3.16. The average Bonchev–Trinajstić information content (AvgIpc) is 2.91. The summed E-state index contributed by atoms with van der Waals surface area (Å²) in [6.45, 7) is 4.33. The lowest BCUT2D eigenvalue weighted by Gasteiger charge is -2.16. The van der Waals surface area contributed by atoms with Crippen LogP contribution in [0.5, 0.6) is 0 Å². The number of hydrogen-bond acceptors (Lipinski definition) is 4. The molecule has 1 rings (SSSR count). The van der Waals surface area contributed by atoms with Crippen molar-refractivity contribution in [2.45, 2.75) is 51.4 Å². The Morgan fingerprint density at radius 1 is 1.29 bits per heavy atom. The Kier molecular flexibility index (Phi) is 6.93. The molecule has 0 aromatic heterocycles. The van der Waals surface area contributed by atoms with E-state index in [9.17, 15) is 14.4 Å². The Morgan fingerprint density at radius 2 is 2.00 bits per heavy atom. The second kappa shape index (κ2) is 8.46. The van der Waals surface area contributed by atoms with Crippen LogP contribution in [0.4, 0.5) is 4.79 Å². The fourth-order valence-electron chi connectivity index (χ4n) is 1.96. The second-order valence-corrected chi connectivity index (χ2v) is 5.03. The van der Waals surface area contributed by atoms with Crippen LogP contribution in [-0.2, 0) is 14.3 Å². The van der Waals surface area contributed by atoms with Gasteiger partial charge in [0, 0.05) is 13.1 Å². The summed E-state index contributed by atoms with van der Waals surface area (Å²) in [6.07, 6.45) is 0.761. The molecule has 0 aromatic rings. The predicted molar refractivity (Wildman–Crippen MR) is 74.8 cm³/mol. The Morgan fingerprint density at radius 3 is 2.57 bits per heavy atom. The van der Waals surface area contributed by atoms with E-state index >= 15 is 0 Å². The molecule has 0 aliphatic carbocycles. The van der Waals surface area contributed by atoms with Gasteiger partial charge in [-0.2, -0.15) is 0 Å². The SMILES string of the molecule is CCCNC(=O)C(C)NC(=O)NCC1CCC(C(=O)O)O1. The van der Waals surface area contributed by atoms with Crippen molar-refractivity contribution in [1.29, 1.82) is 0 Å². The fraction of sp³-hybridized carbons (Fsp3) is 0.769. The molecule has 1 fully saturated rings. The van der Waals surface area contributed by atoms with Gasteiger partial charge < -0.3 is 25.8 Å². The molecule has 3 unspecified atom stereocenters. The van der Waals surface area contributed by atoms with Crippen LogP contribution >= 0.6 is 0 Å². The van der Waals surface area contributed by atoms with Crippen molar-refractivity contribution < 1.29 is 24.2 Å². The van der Waals surface area contributed by atoms with Crippen molar-refractivity contribution in [3.05, 3.63) is 0 Å². The Labute approximate surface area is 123 Å². The number of carbonyl (C=O) groups excluding carboxylic acids is 2. The van der Waals surface area contributed by atoms with Crippen LogP contribution in [0.25, 0.3) is 0 Å². The highest BCUT2D eigenvalue weighted by Crippen LogP contribution is 2.19. The van der Waals surface area contributed by atoms with E-state index in [1.165, 1.54) is 0 Å². The quantitative estimate of drug-likeness (QED) is 0.521. The van der Waals surface area contributed by atoms with Gasteiger partial charge in [-0.15, -0.1) is 0 Å². The molecule has 0 aromatic carbocycles. The van der Waals surface area contributed by atoms with E-state index in [0.29, 0.717) is 19.4 Å². The number of hydrogen-bond donors (Lipinski definition) is 4. The molecule has 120 valence electrons. The number of rotatable bonds is 7. The summed E-state index contributed by atoms with van der Waals surface area (Å²) in [4.78, 5) is 33.9. The maximum absolute atomic E-state index is 11.6. The molecule has 1 heterocycles. The first kappa shape index (κ1) is 17.2. The van der Waals surface area contributed by atoms with E-state index < -0.39 is 24.1 Å². The predicted octanol–water partition coefficient (Wildman–Crippen LogP) is -0.167. The largest absolute Gasteiger partial charge is 0.479 e. The monoisotopic (exact) mass is 301 g/mol. The highest BCUT2D eigenvalue weighted by molar-refractivity contribution is 5.86. The van der Waals surface area contributed by atoms with Crippen LogP contribution in [-0.4, -0.2) is 54.4 Å².